The van der Waals surface area contributed by atoms with Crippen LogP contribution >= 0.6 is 15.9 Å². The number of hydrogen-bond acceptors (Lipinski definition) is 2. The van der Waals surface area contributed by atoms with E-state index >= 15 is 0 Å². The summed E-state index contributed by atoms with van der Waals surface area (Å²) in [6, 6.07) is 5.87. The van der Waals surface area contributed by atoms with Gasteiger partial charge >= 0.3 is 0 Å². The van der Waals surface area contributed by atoms with Gasteiger partial charge in [-0.3, -0.25) is 0 Å². The summed E-state index contributed by atoms with van der Waals surface area (Å²) in [7, 11) is 0. The van der Waals surface area contributed by atoms with Crippen LogP contribution in [0.3, 0.4) is 0 Å². The molecule has 0 fully saturated rings. The van der Waals surface area contributed by atoms with Crippen molar-refractivity contribution in [2.75, 3.05) is 0 Å². The molecule has 0 amide bonds. The Balaban J connectivity index is 2.44. The molecule has 16 heavy (non-hydrogen) atoms. The lowest BCUT2D eigenvalue weighted by Gasteiger charge is -2.06. The Labute approximate surface area is 104 Å². The van der Waals surface area contributed by atoms with Crippen molar-refractivity contribution in [3.63, 3.8) is 0 Å². The van der Waals surface area contributed by atoms with Gasteiger partial charge in [0.1, 0.15) is 0 Å². The van der Waals surface area contributed by atoms with Crippen LogP contribution in [-0.2, 0) is 11.8 Å². The topological polar surface area (TPSA) is 30.7 Å². The highest BCUT2D eigenvalue weighted by atomic mass is 79.9. The number of pyridine rings is 1. The summed E-state index contributed by atoms with van der Waals surface area (Å²) in [5.41, 5.74) is 2.49. The molecule has 4 heteroatoms. The minimum absolute atomic E-state index is 0.842. The SMILES string of the molecule is CCCc1c(CBr)cnn1-c1ccccn1. The molecule has 0 atom stereocenters. The molecule has 0 unspecified atom stereocenters. The van der Waals surface area contributed by atoms with Gasteiger partial charge in [0, 0.05) is 17.1 Å². The van der Waals surface area contributed by atoms with E-state index in [1.807, 2.05) is 29.1 Å². The third-order valence-corrected chi connectivity index (χ3v) is 3.06. The molecule has 84 valence electrons. The number of nitrogens with zero attached hydrogens (tertiary/aromatic N) is 3. The Morgan fingerprint density at radius 3 is 2.88 bits per heavy atom. The first kappa shape index (κ1) is 11.3. The van der Waals surface area contributed by atoms with Crippen molar-refractivity contribution >= 4 is 15.9 Å². The van der Waals surface area contributed by atoms with Crippen molar-refractivity contribution in [3.05, 3.63) is 41.9 Å². The Bertz CT molecular complexity index is 451. The summed E-state index contributed by atoms with van der Waals surface area (Å²) < 4.78 is 1.93. The summed E-state index contributed by atoms with van der Waals surface area (Å²) in [6.45, 7) is 2.17. The number of halogens is 1. The molecule has 0 saturated heterocycles. The van der Waals surface area contributed by atoms with Crippen molar-refractivity contribution in [2.24, 2.45) is 0 Å². The lowest BCUT2D eigenvalue weighted by atomic mass is 10.2. The third kappa shape index (κ3) is 2.16. The highest BCUT2D eigenvalue weighted by Crippen LogP contribution is 2.17. The molecule has 0 spiro atoms. The summed E-state index contributed by atoms with van der Waals surface area (Å²) in [4.78, 5) is 4.32. The van der Waals surface area contributed by atoms with Gasteiger partial charge in [0.15, 0.2) is 5.82 Å². The fraction of sp³-hybridized carbons (Fsp3) is 0.333. The van der Waals surface area contributed by atoms with Crippen LogP contribution in [0, 0.1) is 0 Å². The van der Waals surface area contributed by atoms with Gasteiger partial charge in [0.2, 0.25) is 0 Å². The second kappa shape index (κ2) is 5.25. The Hall–Kier alpha value is -1.16. The number of hydrogen-bond donors (Lipinski definition) is 0. The van der Waals surface area contributed by atoms with E-state index in [0.29, 0.717) is 0 Å². The molecule has 3 nitrogen and oxygen atoms in total. The largest absolute Gasteiger partial charge is 0.237 e. The van der Waals surface area contributed by atoms with Gasteiger partial charge in [-0.15, -0.1) is 0 Å². The Morgan fingerprint density at radius 1 is 1.38 bits per heavy atom. The minimum Gasteiger partial charge on any atom is -0.237 e. The summed E-state index contributed by atoms with van der Waals surface area (Å²) in [6.07, 6.45) is 5.84. The molecular formula is C12H14BrN3. The van der Waals surface area contributed by atoms with Crippen LogP contribution in [-0.4, -0.2) is 14.8 Å². The van der Waals surface area contributed by atoms with Crippen LogP contribution in [0.25, 0.3) is 5.82 Å². The van der Waals surface area contributed by atoms with Crippen molar-refractivity contribution < 1.29 is 0 Å². The normalized spacial score (nSPS) is 10.6. The van der Waals surface area contributed by atoms with Gasteiger partial charge in [-0.2, -0.15) is 5.10 Å². The molecule has 0 bridgehead atoms. The lowest BCUT2D eigenvalue weighted by molar-refractivity contribution is 0.755. The van der Waals surface area contributed by atoms with Gasteiger partial charge in [0.05, 0.1) is 11.9 Å². The highest BCUT2D eigenvalue weighted by molar-refractivity contribution is 9.08. The van der Waals surface area contributed by atoms with Crippen LogP contribution in [0.1, 0.15) is 24.6 Å². The minimum atomic E-state index is 0.842. The number of alkyl halides is 1. The van der Waals surface area contributed by atoms with Crippen molar-refractivity contribution in [3.8, 4) is 5.82 Å². The van der Waals surface area contributed by atoms with E-state index in [4.69, 9.17) is 0 Å². The zero-order valence-electron chi connectivity index (χ0n) is 9.23. The molecule has 2 aromatic heterocycles. The average Bonchev–Trinajstić information content (AvgIpc) is 2.74. The summed E-state index contributed by atoms with van der Waals surface area (Å²) in [5.74, 6) is 0.887. The molecule has 0 radical (unpaired) electrons. The van der Waals surface area contributed by atoms with Crippen LogP contribution < -0.4 is 0 Å². The standard InChI is InChI=1S/C12H14BrN3/c1-2-5-11-10(8-13)9-15-16(11)12-6-3-4-7-14-12/h3-4,6-7,9H,2,5,8H2,1H3. The zero-order chi connectivity index (χ0) is 11.4. The van der Waals surface area contributed by atoms with E-state index in [9.17, 15) is 0 Å². The molecule has 0 aliphatic carbocycles. The van der Waals surface area contributed by atoms with E-state index in [-0.39, 0.29) is 0 Å². The maximum absolute atomic E-state index is 4.40. The maximum Gasteiger partial charge on any atom is 0.153 e. The third-order valence-electron chi connectivity index (χ3n) is 2.45. The zero-order valence-corrected chi connectivity index (χ0v) is 10.8. The van der Waals surface area contributed by atoms with Crippen LogP contribution in [0.15, 0.2) is 30.6 Å². The molecule has 2 rings (SSSR count). The first-order valence-corrected chi connectivity index (χ1v) is 6.52. The van der Waals surface area contributed by atoms with E-state index in [2.05, 4.69) is 32.9 Å². The van der Waals surface area contributed by atoms with Gasteiger partial charge in [-0.05, 0) is 18.6 Å². The van der Waals surface area contributed by atoms with Crippen LogP contribution in [0.5, 0.6) is 0 Å². The predicted octanol–water partition coefficient (Wildman–Crippen LogP) is 3.11. The molecule has 0 N–H and O–H groups in total. The van der Waals surface area contributed by atoms with E-state index < -0.39 is 0 Å². The second-order valence-electron chi connectivity index (χ2n) is 3.60. The van der Waals surface area contributed by atoms with Gasteiger partial charge in [-0.25, -0.2) is 9.67 Å². The van der Waals surface area contributed by atoms with E-state index in [1.165, 1.54) is 11.3 Å². The molecule has 0 aliphatic rings. The van der Waals surface area contributed by atoms with Crippen LogP contribution in [0.4, 0.5) is 0 Å². The molecule has 0 aromatic carbocycles. The van der Waals surface area contributed by atoms with Crippen LogP contribution in [0.2, 0.25) is 0 Å². The molecule has 0 aliphatic heterocycles. The predicted molar refractivity (Wildman–Crippen MR) is 68.0 cm³/mol. The Morgan fingerprint density at radius 2 is 2.25 bits per heavy atom. The first-order valence-electron chi connectivity index (χ1n) is 5.40. The fourth-order valence-corrected chi connectivity index (χ4v) is 2.17. The van der Waals surface area contributed by atoms with Crippen molar-refractivity contribution in [2.45, 2.75) is 25.1 Å². The fourth-order valence-electron chi connectivity index (χ4n) is 1.70. The maximum atomic E-state index is 4.40. The Kier molecular flexibility index (Phi) is 3.72. The molecule has 2 heterocycles. The first-order chi connectivity index (χ1) is 7.86. The van der Waals surface area contributed by atoms with Crippen molar-refractivity contribution in [1.29, 1.82) is 0 Å². The van der Waals surface area contributed by atoms with E-state index in [1.54, 1.807) is 6.20 Å². The second-order valence-corrected chi connectivity index (χ2v) is 4.16. The van der Waals surface area contributed by atoms with E-state index in [0.717, 1.165) is 24.0 Å². The summed E-state index contributed by atoms with van der Waals surface area (Å²) >= 11 is 3.49. The quantitative estimate of drug-likeness (QED) is 0.806. The molecular weight excluding hydrogens is 266 g/mol. The van der Waals surface area contributed by atoms with Gasteiger partial charge in [-0.1, -0.05) is 35.3 Å². The van der Waals surface area contributed by atoms with Gasteiger partial charge in [0.25, 0.3) is 0 Å². The molecule has 2 aromatic rings. The monoisotopic (exact) mass is 279 g/mol. The summed E-state index contributed by atoms with van der Waals surface area (Å²) in [5, 5.41) is 5.24. The van der Waals surface area contributed by atoms with Gasteiger partial charge < -0.3 is 0 Å². The lowest BCUT2D eigenvalue weighted by Crippen LogP contribution is -2.04. The average molecular weight is 280 g/mol. The highest BCUT2D eigenvalue weighted by Gasteiger charge is 2.10. The number of rotatable bonds is 4. The number of aromatic nitrogens is 3. The smallest absolute Gasteiger partial charge is 0.153 e. The van der Waals surface area contributed by atoms with Crippen molar-refractivity contribution in [1.82, 2.24) is 14.8 Å². The molecule has 0 saturated carbocycles.